The minimum Gasteiger partial charge on any atom is -0.444 e. The van der Waals surface area contributed by atoms with Gasteiger partial charge in [-0.05, 0) is 38.0 Å². The van der Waals surface area contributed by atoms with Gasteiger partial charge in [0.25, 0.3) is 0 Å². The number of cyclic esters (lactones) is 1. The molecule has 1 aromatic rings. The van der Waals surface area contributed by atoms with E-state index in [9.17, 15) is 9.00 Å². The third-order valence-corrected chi connectivity index (χ3v) is 6.69. The topological polar surface area (TPSA) is 49.9 Å². The molecule has 1 fully saturated rings. The Morgan fingerprint density at radius 1 is 1.40 bits per heavy atom. The number of hydrogen-bond acceptors (Lipinski definition) is 3. The number of piperidine rings is 1. The maximum absolute atomic E-state index is 12.5. The number of carbonyl (C=O) groups excluding carboxylic acids is 1. The SMILES string of the molecule is C=C/C(=C\C)S(=O)N1CCC(N2C(=O)OCc3cc(Br)ccc32)CC1. The Hall–Kier alpha value is -1.44. The van der Waals surface area contributed by atoms with E-state index in [-0.39, 0.29) is 12.1 Å². The van der Waals surface area contributed by atoms with Crippen LogP contribution in [0, 0.1) is 0 Å². The molecule has 0 aromatic heterocycles. The summed E-state index contributed by atoms with van der Waals surface area (Å²) in [6.45, 7) is 7.21. The van der Waals surface area contributed by atoms with Crippen LogP contribution in [-0.4, -0.2) is 33.7 Å². The lowest BCUT2D eigenvalue weighted by atomic mass is 10.0. The van der Waals surface area contributed by atoms with E-state index in [1.165, 1.54) is 0 Å². The Kier molecular flexibility index (Phi) is 5.76. The van der Waals surface area contributed by atoms with Gasteiger partial charge in [0.1, 0.15) is 17.6 Å². The first-order chi connectivity index (χ1) is 12.0. The van der Waals surface area contributed by atoms with Crippen LogP contribution in [0.3, 0.4) is 0 Å². The highest BCUT2D eigenvalue weighted by Gasteiger charge is 2.35. The Morgan fingerprint density at radius 2 is 2.12 bits per heavy atom. The summed E-state index contributed by atoms with van der Waals surface area (Å²) in [6.07, 6.45) is 4.67. The van der Waals surface area contributed by atoms with Crippen LogP contribution in [0.15, 0.2) is 46.3 Å². The molecule has 0 saturated carbocycles. The third kappa shape index (κ3) is 3.73. The molecule has 1 aromatic carbocycles. The number of benzene rings is 1. The molecule has 2 aliphatic rings. The first-order valence-electron chi connectivity index (χ1n) is 8.25. The zero-order chi connectivity index (χ0) is 18.0. The predicted molar refractivity (Wildman–Crippen MR) is 103 cm³/mol. The summed E-state index contributed by atoms with van der Waals surface area (Å²) in [5.41, 5.74) is 1.92. The molecule has 0 aliphatic carbocycles. The van der Waals surface area contributed by atoms with E-state index in [2.05, 4.69) is 22.5 Å². The lowest BCUT2D eigenvalue weighted by molar-refractivity contribution is 0.136. The van der Waals surface area contributed by atoms with Crippen molar-refractivity contribution in [2.75, 3.05) is 18.0 Å². The molecule has 1 atom stereocenters. The second-order valence-electron chi connectivity index (χ2n) is 6.00. The number of hydrogen-bond donors (Lipinski definition) is 0. The van der Waals surface area contributed by atoms with Gasteiger partial charge in [0.05, 0.1) is 5.69 Å². The van der Waals surface area contributed by atoms with Crippen molar-refractivity contribution < 1.29 is 13.7 Å². The Bertz CT molecular complexity index is 742. The summed E-state index contributed by atoms with van der Waals surface area (Å²) >= 11 is 3.46. The summed E-state index contributed by atoms with van der Waals surface area (Å²) < 4.78 is 20.8. The van der Waals surface area contributed by atoms with E-state index in [0.717, 1.165) is 33.5 Å². The van der Waals surface area contributed by atoms with Gasteiger partial charge in [-0.2, -0.15) is 0 Å². The third-order valence-electron chi connectivity index (χ3n) is 4.56. The minimum absolute atomic E-state index is 0.0544. The number of nitrogens with zero attached hydrogens (tertiary/aromatic N) is 2. The summed E-state index contributed by atoms with van der Waals surface area (Å²) in [6, 6.07) is 5.94. The Labute approximate surface area is 159 Å². The summed E-state index contributed by atoms with van der Waals surface area (Å²) in [5, 5.41) is 0. The fraction of sp³-hybridized carbons (Fsp3) is 0.389. The van der Waals surface area contributed by atoms with Crippen LogP contribution in [0.1, 0.15) is 25.3 Å². The number of anilines is 1. The molecule has 7 heteroatoms. The number of amides is 1. The summed E-state index contributed by atoms with van der Waals surface area (Å²) in [4.78, 5) is 14.8. The number of carbonyl (C=O) groups is 1. The molecule has 5 nitrogen and oxygen atoms in total. The van der Waals surface area contributed by atoms with Crippen molar-refractivity contribution in [3.05, 3.63) is 51.9 Å². The highest BCUT2D eigenvalue weighted by Crippen LogP contribution is 2.34. The van der Waals surface area contributed by atoms with E-state index in [1.54, 1.807) is 11.0 Å². The van der Waals surface area contributed by atoms with E-state index in [1.807, 2.05) is 35.5 Å². The monoisotopic (exact) mass is 424 g/mol. The average molecular weight is 425 g/mol. The van der Waals surface area contributed by atoms with Gasteiger partial charge in [-0.1, -0.05) is 34.7 Å². The fourth-order valence-corrected chi connectivity index (χ4v) is 4.86. The van der Waals surface area contributed by atoms with Crippen molar-refractivity contribution in [3.8, 4) is 0 Å². The molecule has 3 rings (SSSR count). The van der Waals surface area contributed by atoms with Gasteiger partial charge in [0.15, 0.2) is 0 Å². The van der Waals surface area contributed by atoms with Crippen molar-refractivity contribution >= 4 is 38.7 Å². The van der Waals surface area contributed by atoms with Crippen LogP contribution < -0.4 is 4.90 Å². The van der Waals surface area contributed by atoms with Crippen LogP contribution in [0.5, 0.6) is 0 Å². The van der Waals surface area contributed by atoms with Crippen molar-refractivity contribution in [1.82, 2.24) is 4.31 Å². The van der Waals surface area contributed by atoms with Gasteiger partial charge in [0.2, 0.25) is 0 Å². The number of ether oxygens (including phenoxy) is 1. The minimum atomic E-state index is -1.19. The van der Waals surface area contributed by atoms with Gasteiger partial charge in [-0.3, -0.25) is 4.90 Å². The normalized spacial score (nSPS) is 20.8. The van der Waals surface area contributed by atoms with Crippen molar-refractivity contribution in [2.45, 2.75) is 32.4 Å². The smallest absolute Gasteiger partial charge is 0.414 e. The second-order valence-corrected chi connectivity index (χ2v) is 8.40. The highest BCUT2D eigenvalue weighted by atomic mass is 79.9. The average Bonchev–Trinajstić information content (AvgIpc) is 2.63. The maximum atomic E-state index is 12.5. The molecule has 1 amide bonds. The van der Waals surface area contributed by atoms with Crippen molar-refractivity contribution in [3.63, 3.8) is 0 Å². The standard InChI is InChI=1S/C18H21BrN2O3S/c1-3-16(4-2)25(23)20-9-7-15(8-10-20)21-17-6-5-14(19)11-13(17)12-24-18(21)22/h3-6,11,15H,1,7-10,12H2,2H3/b16-4+. The number of allylic oxidation sites excluding steroid dienone is 2. The van der Waals surface area contributed by atoms with Crippen molar-refractivity contribution in [1.29, 1.82) is 0 Å². The van der Waals surface area contributed by atoms with E-state index in [0.29, 0.717) is 19.7 Å². The summed E-state index contributed by atoms with van der Waals surface area (Å²) in [5.74, 6) is 0. The molecule has 1 saturated heterocycles. The van der Waals surface area contributed by atoms with Gasteiger partial charge >= 0.3 is 6.09 Å². The van der Waals surface area contributed by atoms with Crippen molar-refractivity contribution in [2.24, 2.45) is 0 Å². The second kappa shape index (κ2) is 7.85. The summed E-state index contributed by atoms with van der Waals surface area (Å²) in [7, 11) is -1.19. The molecule has 25 heavy (non-hydrogen) atoms. The van der Waals surface area contributed by atoms with Gasteiger partial charge in [-0.25, -0.2) is 13.3 Å². The van der Waals surface area contributed by atoms with Crippen LogP contribution in [-0.2, 0) is 22.3 Å². The van der Waals surface area contributed by atoms with Crippen LogP contribution in [0.2, 0.25) is 0 Å². The molecule has 2 heterocycles. The molecule has 1 unspecified atom stereocenters. The first-order valence-corrected chi connectivity index (χ1v) is 10.1. The fourth-order valence-electron chi connectivity index (χ4n) is 3.26. The lowest BCUT2D eigenvalue weighted by Crippen LogP contribution is -2.49. The predicted octanol–water partition coefficient (Wildman–Crippen LogP) is 4.12. The highest BCUT2D eigenvalue weighted by molar-refractivity contribution is 9.10. The molecule has 0 N–H and O–H groups in total. The zero-order valence-electron chi connectivity index (χ0n) is 14.1. The zero-order valence-corrected chi connectivity index (χ0v) is 16.5. The molecule has 0 radical (unpaired) electrons. The first kappa shape index (κ1) is 18.4. The van der Waals surface area contributed by atoms with Crippen LogP contribution in [0.25, 0.3) is 0 Å². The van der Waals surface area contributed by atoms with Gasteiger partial charge in [-0.15, -0.1) is 0 Å². The molecular weight excluding hydrogens is 404 g/mol. The van der Waals surface area contributed by atoms with Crippen LogP contribution in [0.4, 0.5) is 10.5 Å². The molecule has 0 spiro atoms. The molecule has 134 valence electrons. The van der Waals surface area contributed by atoms with Gasteiger partial charge in [0, 0.05) is 34.1 Å². The number of halogens is 1. The maximum Gasteiger partial charge on any atom is 0.414 e. The lowest BCUT2D eigenvalue weighted by Gasteiger charge is -2.39. The quantitative estimate of drug-likeness (QED) is 0.682. The number of rotatable bonds is 4. The largest absolute Gasteiger partial charge is 0.444 e. The Balaban J connectivity index is 1.74. The Morgan fingerprint density at radius 3 is 2.76 bits per heavy atom. The molecule has 2 aliphatic heterocycles. The van der Waals surface area contributed by atoms with E-state index >= 15 is 0 Å². The van der Waals surface area contributed by atoms with Gasteiger partial charge < -0.3 is 4.74 Å². The molecule has 0 bridgehead atoms. The van der Waals surface area contributed by atoms with E-state index < -0.39 is 11.0 Å². The number of fused-ring (bicyclic) bond motifs is 1. The van der Waals surface area contributed by atoms with E-state index in [4.69, 9.17) is 4.74 Å². The van der Waals surface area contributed by atoms with Crippen LogP contribution >= 0.6 is 15.9 Å². The molecular formula is C18H21BrN2O3S.